The molecule has 0 spiro atoms. The number of hydrogen-bond acceptors (Lipinski definition) is 3. The van der Waals surface area contributed by atoms with Crippen LogP contribution in [0.25, 0.3) is 0 Å². The zero-order valence-electron chi connectivity index (χ0n) is 9.58. The topological polar surface area (TPSA) is 38.5 Å². The van der Waals surface area contributed by atoms with Crippen molar-refractivity contribution in [2.75, 3.05) is 20.1 Å². The zero-order chi connectivity index (χ0) is 10.4. The van der Waals surface area contributed by atoms with Crippen molar-refractivity contribution in [1.29, 1.82) is 0 Å². The van der Waals surface area contributed by atoms with Crippen molar-refractivity contribution in [2.45, 2.75) is 45.9 Å². The smallest absolute Gasteiger partial charge is 0.0827 e. The molecule has 13 heavy (non-hydrogen) atoms. The first-order chi connectivity index (χ1) is 5.97. The van der Waals surface area contributed by atoms with Crippen LogP contribution in [0, 0.1) is 0 Å². The Kier molecular flexibility index (Phi) is 6.29. The van der Waals surface area contributed by atoms with Crippen LogP contribution in [0.2, 0.25) is 0 Å². The van der Waals surface area contributed by atoms with Gasteiger partial charge in [-0.1, -0.05) is 0 Å². The molecule has 0 amide bonds. The average Bonchev–Trinajstić information content (AvgIpc) is 2.02. The van der Waals surface area contributed by atoms with E-state index >= 15 is 0 Å². The highest BCUT2D eigenvalue weighted by Crippen LogP contribution is 2.01. The van der Waals surface area contributed by atoms with Gasteiger partial charge in [-0.15, -0.1) is 0 Å². The standard InChI is InChI=1S/C10H24N2O/c1-8(2)12(5)7-10(6-11)13-9(3)4/h8-10H,6-7,11H2,1-5H3/t10-/m0/s1. The number of nitrogens with two attached hydrogens (primary N) is 1. The van der Waals surface area contributed by atoms with Crippen molar-refractivity contribution in [3.05, 3.63) is 0 Å². The summed E-state index contributed by atoms with van der Waals surface area (Å²) >= 11 is 0. The van der Waals surface area contributed by atoms with Crippen molar-refractivity contribution < 1.29 is 4.74 Å². The third-order valence-electron chi connectivity index (χ3n) is 2.10. The van der Waals surface area contributed by atoms with Crippen molar-refractivity contribution in [2.24, 2.45) is 5.73 Å². The van der Waals surface area contributed by atoms with Crippen LogP contribution in [0.5, 0.6) is 0 Å². The predicted molar refractivity (Wildman–Crippen MR) is 56.8 cm³/mol. The molecular weight excluding hydrogens is 164 g/mol. The zero-order valence-corrected chi connectivity index (χ0v) is 9.58. The van der Waals surface area contributed by atoms with E-state index in [2.05, 4.69) is 25.8 Å². The fourth-order valence-electron chi connectivity index (χ4n) is 1.09. The molecule has 0 saturated heterocycles. The van der Waals surface area contributed by atoms with Crippen molar-refractivity contribution >= 4 is 0 Å². The number of hydrogen-bond donors (Lipinski definition) is 1. The fraction of sp³-hybridized carbons (Fsp3) is 1.00. The molecule has 0 bridgehead atoms. The highest BCUT2D eigenvalue weighted by atomic mass is 16.5. The number of rotatable bonds is 6. The van der Waals surface area contributed by atoms with Crippen LogP contribution in [0.1, 0.15) is 27.7 Å². The summed E-state index contributed by atoms with van der Waals surface area (Å²) in [7, 11) is 2.09. The Morgan fingerprint density at radius 2 is 1.77 bits per heavy atom. The monoisotopic (exact) mass is 188 g/mol. The molecule has 0 rings (SSSR count). The minimum atomic E-state index is 0.160. The van der Waals surface area contributed by atoms with Gasteiger partial charge in [-0.25, -0.2) is 0 Å². The minimum absolute atomic E-state index is 0.160. The second-order valence-corrected chi connectivity index (χ2v) is 4.08. The molecule has 0 aliphatic carbocycles. The molecule has 3 nitrogen and oxygen atoms in total. The Balaban J connectivity index is 3.83. The van der Waals surface area contributed by atoms with Crippen LogP contribution in [0.4, 0.5) is 0 Å². The number of nitrogens with zero attached hydrogens (tertiary/aromatic N) is 1. The molecule has 80 valence electrons. The summed E-state index contributed by atoms with van der Waals surface area (Å²) in [5.74, 6) is 0. The Bertz CT molecular complexity index is 126. The van der Waals surface area contributed by atoms with Crippen molar-refractivity contribution in [3.63, 3.8) is 0 Å². The lowest BCUT2D eigenvalue weighted by Crippen LogP contribution is -2.40. The number of ether oxygens (including phenoxy) is 1. The fourth-order valence-corrected chi connectivity index (χ4v) is 1.09. The summed E-state index contributed by atoms with van der Waals surface area (Å²) in [5.41, 5.74) is 5.62. The quantitative estimate of drug-likeness (QED) is 0.678. The highest BCUT2D eigenvalue weighted by molar-refractivity contribution is 4.67. The molecule has 0 radical (unpaired) electrons. The van der Waals surface area contributed by atoms with Gasteiger partial charge in [-0.2, -0.15) is 0 Å². The molecule has 0 fully saturated rings. The van der Waals surface area contributed by atoms with Gasteiger partial charge in [-0.05, 0) is 34.7 Å². The van der Waals surface area contributed by atoms with E-state index in [1.54, 1.807) is 0 Å². The Morgan fingerprint density at radius 1 is 1.23 bits per heavy atom. The van der Waals surface area contributed by atoms with Crippen LogP contribution < -0.4 is 5.73 Å². The van der Waals surface area contributed by atoms with Gasteiger partial charge in [0.05, 0.1) is 12.2 Å². The first-order valence-corrected chi connectivity index (χ1v) is 5.03. The summed E-state index contributed by atoms with van der Waals surface area (Å²) in [5, 5.41) is 0. The second-order valence-electron chi connectivity index (χ2n) is 4.08. The third kappa shape index (κ3) is 6.02. The molecule has 0 aromatic heterocycles. The lowest BCUT2D eigenvalue weighted by Gasteiger charge is -2.27. The molecule has 0 unspecified atom stereocenters. The maximum atomic E-state index is 5.65. The third-order valence-corrected chi connectivity index (χ3v) is 2.10. The molecule has 1 atom stereocenters. The van der Waals surface area contributed by atoms with Crippen LogP contribution in [0.15, 0.2) is 0 Å². The molecule has 0 saturated carbocycles. The maximum absolute atomic E-state index is 5.65. The van der Waals surface area contributed by atoms with Crippen molar-refractivity contribution in [3.8, 4) is 0 Å². The van der Waals surface area contributed by atoms with Gasteiger partial charge >= 0.3 is 0 Å². The van der Waals surface area contributed by atoms with Crippen LogP contribution in [-0.4, -0.2) is 43.3 Å². The van der Waals surface area contributed by atoms with E-state index in [0.29, 0.717) is 12.6 Å². The van der Waals surface area contributed by atoms with Crippen molar-refractivity contribution in [1.82, 2.24) is 4.90 Å². The van der Waals surface area contributed by atoms with E-state index in [0.717, 1.165) is 6.54 Å². The van der Waals surface area contributed by atoms with Gasteiger partial charge < -0.3 is 15.4 Å². The van der Waals surface area contributed by atoms with E-state index in [4.69, 9.17) is 10.5 Å². The Labute approximate surface area is 82.2 Å². The summed E-state index contributed by atoms with van der Waals surface area (Å²) in [6.07, 6.45) is 0.418. The molecule has 0 heterocycles. The molecule has 0 aromatic rings. The van der Waals surface area contributed by atoms with E-state index in [9.17, 15) is 0 Å². The first kappa shape index (κ1) is 12.9. The molecule has 0 aliphatic rings. The molecule has 3 heteroatoms. The SMILES string of the molecule is CC(C)O[C@@H](CN)CN(C)C(C)C. The normalized spacial score (nSPS) is 14.5. The molecule has 0 aliphatic heterocycles. The van der Waals surface area contributed by atoms with Gasteiger partial charge in [-0.3, -0.25) is 0 Å². The highest BCUT2D eigenvalue weighted by Gasteiger charge is 2.13. The van der Waals surface area contributed by atoms with Crippen LogP contribution >= 0.6 is 0 Å². The maximum Gasteiger partial charge on any atom is 0.0827 e. The summed E-state index contributed by atoms with van der Waals surface area (Å²) in [6.45, 7) is 9.92. The van der Waals surface area contributed by atoms with Crippen LogP contribution in [-0.2, 0) is 4.74 Å². The number of likely N-dealkylation sites (N-methyl/N-ethyl adjacent to an activating group) is 1. The largest absolute Gasteiger partial charge is 0.373 e. The van der Waals surface area contributed by atoms with Gasteiger partial charge in [0.25, 0.3) is 0 Å². The predicted octanol–water partition coefficient (Wildman–Crippen LogP) is 1.08. The average molecular weight is 188 g/mol. The van der Waals surface area contributed by atoms with E-state index in [1.165, 1.54) is 0 Å². The van der Waals surface area contributed by atoms with Gasteiger partial charge in [0.2, 0.25) is 0 Å². The summed E-state index contributed by atoms with van der Waals surface area (Å²) in [6, 6.07) is 0.546. The van der Waals surface area contributed by atoms with E-state index in [-0.39, 0.29) is 12.2 Å². The van der Waals surface area contributed by atoms with Gasteiger partial charge in [0.15, 0.2) is 0 Å². The molecule has 0 aromatic carbocycles. The lowest BCUT2D eigenvalue weighted by atomic mass is 10.2. The van der Waals surface area contributed by atoms with Gasteiger partial charge in [0.1, 0.15) is 0 Å². The molecular formula is C10H24N2O. The van der Waals surface area contributed by atoms with Gasteiger partial charge in [0, 0.05) is 19.1 Å². The first-order valence-electron chi connectivity index (χ1n) is 5.03. The lowest BCUT2D eigenvalue weighted by molar-refractivity contribution is -0.00686. The van der Waals surface area contributed by atoms with E-state index in [1.807, 2.05) is 13.8 Å². The summed E-state index contributed by atoms with van der Waals surface area (Å²) < 4.78 is 5.65. The second kappa shape index (κ2) is 6.35. The minimum Gasteiger partial charge on any atom is -0.373 e. The molecule has 2 N–H and O–H groups in total. The van der Waals surface area contributed by atoms with E-state index < -0.39 is 0 Å². The Hall–Kier alpha value is -0.120. The summed E-state index contributed by atoms with van der Waals surface area (Å²) in [4.78, 5) is 2.25. The Morgan fingerprint density at radius 3 is 2.08 bits per heavy atom. The van der Waals surface area contributed by atoms with Crippen LogP contribution in [0.3, 0.4) is 0 Å².